The number of aliphatic hydroxyl groups is 11. The molecule has 0 bridgehead atoms. The van der Waals surface area contributed by atoms with Gasteiger partial charge < -0.3 is 89.9 Å². The lowest BCUT2D eigenvalue weighted by Gasteiger charge is -2.48. The molecule has 17 unspecified atom stereocenters. The summed E-state index contributed by atoms with van der Waals surface area (Å²) in [5.74, 6) is -0.284. The normalized spacial score (nSPS) is 31.0. The van der Waals surface area contributed by atoms with Gasteiger partial charge in [-0.3, -0.25) is 4.79 Å². The second-order valence-corrected chi connectivity index (χ2v) is 21.8. The van der Waals surface area contributed by atoms with E-state index in [0.29, 0.717) is 6.42 Å². The van der Waals surface area contributed by atoms with Gasteiger partial charge in [-0.05, 0) is 19.3 Å². The highest BCUT2D eigenvalue weighted by Gasteiger charge is 2.53. The average molecular weight is 1090 g/mol. The third-order valence-corrected chi connectivity index (χ3v) is 15.3. The second kappa shape index (κ2) is 41.5. The number of ether oxygens (including phenoxy) is 6. The molecule has 19 heteroatoms. The maximum Gasteiger partial charge on any atom is 0.220 e. The highest BCUT2D eigenvalue weighted by atomic mass is 16.8. The first kappa shape index (κ1) is 68.8. The zero-order valence-electron chi connectivity index (χ0n) is 46.5. The van der Waals surface area contributed by atoms with E-state index in [9.17, 15) is 61.0 Å². The molecule has 3 fully saturated rings. The van der Waals surface area contributed by atoms with Crippen LogP contribution in [0.15, 0.2) is 12.2 Å². The Hall–Kier alpha value is -1.47. The van der Waals surface area contributed by atoms with Gasteiger partial charge in [0.2, 0.25) is 5.91 Å². The van der Waals surface area contributed by atoms with Crippen molar-refractivity contribution in [2.75, 3.05) is 26.4 Å². The Morgan fingerprint density at radius 2 is 0.816 bits per heavy atom. The van der Waals surface area contributed by atoms with Crippen molar-refractivity contribution in [1.29, 1.82) is 0 Å². The monoisotopic (exact) mass is 1090 g/mol. The van der Waals surface area contributed by atoms with Crippen LogP contribution < -0.4 is 5.32 Å². The maximum absolute atomic E-state index is 13.1. The Labute approximate surface area is 455 Å². The summed E-state index contributed by atoms with van der Waals surface area (Å²) in [6.45, 7) is 1.65. The third kappa shape index (κ3) is 25.5. The first-order valence-electron chi connectivity index (χ1n) is 29.9. The van der Waals surface area contributed by atoms with Crippen LogP contribution in [0.2, 0.25) is 0 Å². The Morgan fingerprint density at radius 1 is 0.461 bits per heavy atom. The number of aliphatic hydroxyl groups excluding tert-OH is 11. The molecular weight excluding hydrogens is 987 g/mol. The molecule has 17 atom stereocenters. The predicted octanol–water partition coefficient (Wildman–Crippen LogP) is 4.99. The van der Waals surface area contributed by atoms with Gasteiger partial charge in [0.15, 0.2) is 18.9 Å². The van der Waals surface area contributed by atoms with Crippen molar-refractivity contribution in [3.05, 3.63) is 12.2 Å². The number of carbonyl (C=O) groups is 1. The molecule has 1 amide bonds. The lowest BCUT2D eigenvalue weighted by molar-refractivity contribution is -0.379. The van der Waals surface area contributed by atoms with E-state index in [1.165, 1.54) is 128 Å². The van der Waals surface area contributed by atoms with Crippen molar-refractivity contribution in [1.82, 2.24) is 5.32 Å². The molecule has 3 rings (SSSR count). The fourth-order valence-electron chi connectivity index (χ4n) is 10.4. The first-order chi connectivity index (χ1) is 36.8. The Bertz CT molecular complexity index is 1450. The van der Waals surface area contributed by atoms with Gasteiger partial charge in [-0.25, -0.2) is 0 Å². The molecule has 3 aliphatic heterocycles. The second-order valence-electron chi connectivity index (χ2n) is 21.8. The van der Waals surface area contributed by atoms with Gasteiger partial charge in [0.25, 0.3) is 0 Å². The largest absolute Gasteiger partial charge is 0.394 e. The zero-order chi connectivity index (χ0) is 55.5. The molecule has 0 radical (unpaired) electrons. The molecule has 19 nitrogen and oxygen atoms in total. The fraction of sp³-hybridized carbons (Fsp3) is 0.947. The van der Waals surface area contributed by atoms with Gasteiger partial charge in [-0.2, -0.15) is 0 Å². The first-order valence-corrected chi connectivity index (χ1v) is 29.9. The van der Waals surface area contributed by atoms with Crippen LogP contribution in [0.5, 0.6) is 0 Å². The van der Waals surface area contributed by atoms with E-state index >= 15 is 0 Å². The van der Waals surface area contributed by atoms with Gasteiger partial charge >= 0.3 is 0 Å². The lowest BCUT2D eigenvalue weighted by atomic mass is 9.96. The number of amides is 1. The van der Waals surface area contributed by atoms with E-state index in [4.69, 9.17) is 28.4 Å². The number of allylic oxidation sites excluding steroid dienone is 1. The number of unbranched alkanes of at least 4 members (excludes halogenated alkanes) is 28. The summed E-state index contributed by atoms with van der Waals surface area (Å²) in [6.07, 6.45) is 14.1. The molecule has 12 N–H and O–H groups in total. The van der Waals surface area contributed by atoms with Gasteiger partial charge in [0.1, 0.15) is 73.2 Å². The van der Waals surface area contributed by atoms with E-state index in [2.05, 4.69) is 19.2 Å². The number of hydrogen-bond donors (Lipinski definition) is 12. The maximum atomic E-state index is 13.1. The van der Waals surface area contributed by atoms with Crippen LogP contribution in [0.1, 0.15) is 213 Å². The summed E-state index contributed by atoms with van der Waals surface area (Å²) in [5.41, 5.74) is 0. The van der Waals surface area contributed by atoms with Crippen LogP contribution >= 0.6 is 0 Å². The van der Waals surface area contributed by atoms with Crippen molar-refractivity contribution < 1.29 is 89.4 Å². The Morgan fingerprint density at radius 3 is 1.24 bits per heavy atom. The van der Waals surface area contributed by atoms with Crippen molar-refractivity contribution in [2.24, 2.45) is 0 Å². The van der Waals surface area contributed by atoms with Crippen LogP contribution in [-0.2, 0) is 33.2 Å². The number of carbonyl (C=O) groups excluding carboxylic acids is 1. The smallest absolute Gasteiger partial charge is 0.220 e. The summed E-state index contributed by atoms with van der Waals surface area (Å²) in [5, 5.41) is 120. The van der Waals surface area contributed by atoms with Gasteiger partial charge in [-0.1, -0.05) is 199 Å². The van der Waals surface area contributed by atoms with E-state index in [-0.39, 0.29) is 18.9 Å². The van der Waals surface area contributed by atoms with Crippen LogP contribution in [0, 0.1) is 0 Å². The standard InChI is InChI=1S/C57H107NO18/c1-3-5-7-9-11-12-13-14-15-16-17-18-19-20-21-22-23-24-25-26-27-28-29-30-32-34-41(62)40(58-45(63)35-33-31-10-8-6-4-2)39-71-55-51(69)48(66)53(43(37-60)73-55)76-57-52(70)49(67)54(44(38-61)74-57)75-56-50(68)47(65)46(64)42(36-59)72-56/h32,34,40-44,46-57,59-62,64-70H,3-31,33,35-39H2,1-2H3,(H,58,63)/b34-32+. The summed E-state index contributed by atoms with van der Waals surface area (Å²) < 4.78 is 34.1. The highest BCUT2D eigenvalue weighted by Crippen LogP contribution is 2.33. The third-order valence-electron chi connectivity index (χ3n) is 15.3. The SMILES string of the molecule is CCCCCCCCCCCCCCCCCCCCCCCCC/C=C/C(O)C(COC1OC(CO)C(OC2OC(CO)C(OC3OC(CO)C(O)C(O)C3O)C(O)C2O)C(O)C1O)NC(=O)CCCCCCCC. The minimum Gasteiger partial charge on any atom is -0.394 e. The van der Waals surface area contributed by atoms with E-state index in [1.807, 2.05) is 6.08 Å². The van der Waals surface area contributed by atoms with E-state index < -0.39 is 124 Å². The topological polar surface area (TPSA) is 307 Å². The fourth-order valence-corrected chi connectivity index (χ4v) is 10.4. The Kier molecular flexibility index (Phi) is 37.6. The molecule has 0 aromatic carbocycles. The van der Waals surface area contributed by atoms with E-state index in [0.717, 1.165) is 57.8 Å². The van der Waals surface area contributed by atoms with E-state index in [1.54, 1.807) is 6.08 Å². The minimum atomic E-state index is -1.97. The molecule has 3 aliphatic rings. The number of nitrogens with one attached hydrogen (secondary N) is 1. The Balaban J connectivity index is 1.41. The number of hydrogen-bond acceptors (Lipinski definition) is 18. The molecular formula is C57H107NO18. The van der Waals surface area contributed by atoms with Gasteiger partial charge in [0.05, 0.1) is 38.6 Å². The quantitative estimate of drug-likeness (QED) is 0.0283. The van der Waals surface area contributed by atoms with Gasteiger partial charge in [-0.15, -0.1) is 0 Å². The summed E-state index contributed by atoms with van der Waals surface area (Å²) in [4.78, 5) is 13.1. The van der Waals surface area contributed by atoms with Crippen LogP contribution in [0.4, 0.5) is 0 Å². The molecule has 0 spiro atoms. The molecule has 0 saturated carbocycles. The molecule has 76 heavy (non-hydrogen) atoms. The minimum absolute atomic E-state index is 0.243. The zero-order valence-corrected chi connectivity index (χ0v) is 46.5. The molecule has 3 saturated heterocycles. The van der Waals surface area contributed by atoms with Gasteiger partial charge in [0, 0.05) is 6.42 Å². The van der Waals surface area contributed by atoms with Crippen molar-refractivity contribution in [2.45, 2.75) is 317 Å². The van der Waals surface area contributed by atoms with Crippen molar-refractivity contribution in [3.8, 4) is 0 Å². The van der Waals surface area contributed by atoms with Crippen molar-refractivity contribution in [3.63, 3.8) is 0 Å². The summed E-state index contributed by atoms with van der Waals surface area (Å²) in [6, 6.07) is -0.964. The summed E-state index contributed by atoms with van der Waals surface area (Å²) in [7, 11) is 0. The average Bonchev–Trinajstić information content (AvgIpc) is 3.42. The molecule has 0 aromatic rings. The molecule has 448 valence electrons. The van der Waals surface area contributed by atoms with Crippen molar-refractivity contribution >= 4 is 5.91 Å². The molecule has 0 aromatic heterocycles. The predicted molar refractivity (Wildman–Crippen MR) is 287 cm³/mol. The molecule has 3 heterocycles. The lowest BCUT2D eigenvalue weighted by Crippen LogP contribution is -2.66. The van der Waals surface area contributed by atoms with Crippen LogP contribution in [-0.4, -0.2) is 193 Å². The highest BCUT2D eigenvalue weighted by molar-refractivity contribution is 5.76. The van der Waals surface area contributed by atoms with Crippen LogP contribution in [0.3, 0.4) is 0 Å². The molecule has 0 aliphatic carbocycles. The number of rotatable bonds is 44. The summed E-state index contributed by atoms with van der Waals surface area (Å²) >= 11 is 0. The van der Waals surface area contributed by atoms with Crippen LogP contribution in [0.25, 0.3) is 0 Å².